The number of pyridine rings is 3. The third kappa shape index (κ3) is 3.90. The molecule has 164 valence electrons. The largest absolute Gasteiger partial charge is 0.394 e. The van der Waals surface area contributed by atoms with Crippen LogP contribution >= 0.6 is 11.3 Å². The van der Waals surface area contributed by atoms with E-state index in [9.17, 15) is 5.11 Å². The van der Waals surface area contributed by atoms with Crippen LogP contribution in [0.4, 0.5) is 17.5 Å². The molecule has 0 aliphatic carbocycles. The van der Waals surface area contributed by atoms with Gasteiger partial charge in [-0.1, -0.05) is 12.1 Å². The minimum Gasteiger partial charge on any atom is -0.394 e. The Morgan fingerprint density at radius 1 is 1.16 bits per heavy atom. The average molecular weight is 448 g/mol. The lowest BCUT2D eigenvalue weighted by atomic mass is 10.2. The molecule has 0 spiro atoms. The summed E-state index contributed by atoms with van der Waals surface area (Å²) in [5.41, 5.74) is 10.0. The number of thiazole rings is 1. The maximum Gasteiger partial charge on any atom is 0.143 e. The molecular weight excluding hydrogens is 422 g/mol. The summed E-state index contributed by atoms with van der Waals surface area (Å²) in [6.45, 7) is 4.80. The highest BCUT2D eigenvalue weighted by atomic mass is 32.1. The Labute approximate surface area is 190 Å². The van der Waals surface area contributed by atoms with Crippen LogP contribution in [0.2, 0.25) is 0 Å². The van der Waals surface area contributed by atoms with Crippen molar-refractivity contribution in [2.45, 2.75) is 32.4 Å². The van der Waals surface area contributed by atoms with Crippen LogP contribution in [0.25, 0.3) is 20.9 Å². The van der Waals surface area contributed by atoms with E-state index in [4.69, 9.17) is 15.7 Å². The molecule has 0 aromatic carbocycles. The molecule has 0 bridgehead atoms. The van der Waals surface area contributed by atoms with Crippen LogP contribution in [0.1, 0.15) is 17.5 Å². The average Bonchev–Trinajstić information content (AvgIpc) is 3.38. The fourth-order valence-corrected chi connectivity index (χ4v) is 5.09. The lowest BCUT2D eigenvalue weighted by Gasteiger charge is -2.26. The van der Waals surface area contributed by atoms with Crippen LogP contribution in [0.3, 0.4) is 0 Å². The van der Waals surface area contributed by atoms with Crippen molar-refractivity contribution in [3.8, 4) is 10.7 Å². The molecule has 4 N–H and O–H groups in total. The molecule has 1 aliphatic heterocycles. The van der Waals surface area contributed by atoms with E-state index in [0.29, 0.717) is 18.2 Å². The van der Waals surface area contributed by atoms with Crippen LogP contribution in [0.5, 0.6) is 0 Å². The first-order chi connectivity index (χ1) is 15.5. The number of nitrogens with two attached hydrogens (primary N) is 1. The van der Waals surface area contributed by atoms with Gasteiger partial charge in [-0.2, -0.15) is 0 Å². The molecule has 9 heteroatoms. The van der Waals surface area contributed by atoms with Crippen molar-refractivity contribution in [1.82, 2.24) is 19.9 Å². The molecule has 0 radical (unpaired) electrons. The molecule has 8 nitrogen and oxygen atoms in total. The van der Waals surface area contributed by atoms with Gasteiger partial charge in [0.25, 0.3) is 0 Å². The fourth-order valence-electron chi connectivity index (χ4n) is 4.11. The van der Waals surface area contributed by atoms with Crippen molar-refractivity contribution >= 4 is 39.0 Å². The van der Waals surface area contributed by atoms with Gasteiger partial charge in [0.05, 0.1) is 22.9 Å². The minimum absolute atomic E-state index is 0.00981. The fraction of sp³-hybridized carbons (Fsp3) is 0.304. The van der Waals surface area contributed by atoms with Crippen molar-refractivity contribution in [2.75, 3.05) is 23.4 Å². The molecule has 4 aromatic rings. The lowest BCUT2D eigenvalue weighted by molar-refractivity contribution is 0.265. The molecule has 5 rings (SSSR count). The maximum absolute atomic E-state index is 9.75. The summed E-state index contributed by atoms with van der Waals surface area (Å²) in [4.78, 5) is 20.7. The van der Waals surface area contributed by atoms with E-state index in [1.165, 1.54) is 0 Å². The van der Waals surface area contributed by atoms with Gasteiger partial charge < -0.3 is 21.1 Å². The summed E-state index contributed by atoms with van der Waals surface area (Å²) in [5.74, 6) is 2.20. The SMILES string of the molecule is Cc1cccnc1-c1nc2cc(Nc3ccc(C)c(N4C[C@@H](N)CC4CO)n3)ncc2s1. The Balaban J connectivity index is 1.43. The highest BCUT2D eigenvalue weighted by molar-refractivity contribution is 7.21. The number of nitrogens with zero attached hydrogens (tertiary/aromatic N) is 5. The van der Waals surface area contributed by atoms with Gasteiger partial charge in [-0.3, -0.25) is 4.98 Å². The zero-order valence-corrected chi connectivity index (χ0v) is 18.8. The molecule has 5 heterocycles. The van der Waals surface area contributed by atoms with Crippen molar-refractivity contribution in [2.24, 2.45) is 5.73 Å². The van der Waals surface area contributed by atoms with E-state index in [-0.39, 0.29) is 18.7 Å². The van der Waals surface area contributed by atoms with Gasteiger partial charge in [0.15, 0.2) is 0 Å². The second-order valence-corrected chi connectivity index (χ2v) is 9.20. The van der Waals surface area contributed by atoms with Crippen molar-refractivity contribution in [3.05, 3.63) is 53.9 Å². The molecular formula is C23H25N7OS. The van der Waals surface area contributed by atoms with Crippen LogP contribution in [-0.2, 0) is 0 Å². The molecule has 0 amide bonds. The second kappa shape index (κ2) is 8.42. The van der Waals surface area contributed by atoms with E-state index in [1.54, 1.807) is 17.5 Å². The Hall–Kier alpha value is -3.14. The normalized spacial score (nSPS) is 18.4. The van der Waals surface area contributed by atoms with Gasteiger partial charge in [-0.15, -0.1) is 11.3 Å². The van der Waals surface area contributed by atoms with Crippen LogP contribution in [-0.4, -0.2) is 50.3 Å². The Kier molecular flexibility index (Phi) is 5.46. The molecule has 32 heavy (non-hydrogen) atoms. The van der Waals surface area contributed by atoms with Gasteiger partial charge in [0.1, 0.15) is 28.2 Å². The predicted molar refractivity (Wildman–Crippen MR) is 128 cm³/mol. The zero-order chi connectivity index (χ0) is 22.2. The van der Waals surface area contributed by atoms with E-state index >= 15 is 0 Å². The third-order valence-corrected chi connectivity index (χ3v) is 6.76. The second-order valence-electron chi connectivity index (χ2n) is 8.17. The molecule has 4 aromatic heterocycles. The number of aliphatic hydroxyl groups is 1. The van der Waals surface area contributed by atoms with Gasteiger partial charge in [-0.05, 0) is 43.5 Å². The molecule has 1 aliphatic rings. The highest BCUT2D eigenvalue weighted by Gasteiger charge is 2.31. The van der Waals surface area contributed by atoms with E-state index in [1.807, 2.05) is 50.4 Å². The van der Waals surface area contributed by atoms with E-state index in [0.717, 1.165) is 44.3 Å². The van der Waals surface area contributed by atoms with E-state index < -0.39 is 0 Å². The van der Waals surface area contributed by atoms with Crippen molar-refractivity contribution in [3.63, 3.8) is 0 Å². The number of fused-ring (bicyclic) bond motifs is 1. The van der Waals surface area contributed by atoms with Crippen molar-refractivity contribution in [1.29, 1.82) is 0 Å². The topological polar surface area (TPSA) is 113 Å². The summed E-state index contributed by atoms with van der Waals surface area (Å²) < 4.78 is 1.00. The first kappa shape index (κ1) is 20.7. The molecule has 1 fully saturated rings. The molecule has 2 atom stereocenters. The molecule has 0 saturated carbocycles. The number of aromatic nitrogens is 4. The number of rotatable bonds is 5. The Bertz CT molecular complexity index is 1270. The number of hydrogen-bond donors (Lipinski definition) is 3. The smallest absolute Gasteiger partial charge is 0.143 e. The lowest BCUT2D eigenvalue weighted by Crippen LogP contribution is -2.34. The Morgan fingerprint density at radius 2 is 2.03 bits per heavy atom. The number of anilines is 3. The van der Waals surface area contributed by atoms with Gasteiger partial charge in [-0.25, -0.2) is 15.0 Å². The summed E-state index contributed by atoms with van der Waals surface area (Å²) in [6, 6.07) is 9.87. The monoisotopic (exact) mass is 447 g/mol. The summed E-state index contributed by atoms with van der Waals surface area (Å²) in [6.07, 6.45) is 4.37. The molecule has 1 saturated heterocycles. The quantitative estimate of drug-likeness (QED) is 0.427. The summed E-state index contributed by atoms with van der Waals surface area (Å²) in [7, 11) is 0. The summed E-state index contributed by atoms with van der Waals surface area (Å²) >= 11 is 1.58. The third-order valence-electron chi connectivity index (χ3n) is 5.74. The first-order valence-electron chi connectivity index (χ1n) is 10.6. The number of aryl methyl sites for hydroxylation is 2. The highest BCUT2D eigenvalue weighted by Crippen LogP contribution is 2.32. The summed E-state index contributed by atoms with van der Waals surface area (Å²) in [5, 5.41) is 13.9. The maximum atomic E-state index is 9.75. The Morgan fingerprint density at radius 3 is 2.84 bits per heavy atom. The van der Waals surface area contributed by atoms with Crippen LogP contribution < -0.4 is 16.0 Å². The van der Waals surface area contributed by atoms with Crippen LogP contribution in [0.15, 0.2) is 42.7 Å². The van der Waals surface area contributed by atoms with Gasteiger partial charge in [0, 0.05) is 31.0 Å². The van der Waals surface area contributed by atoms with Gasteiger partial charge >= 0.3 is 0 Å². The van der Waals surface area contributed by atoms with Crippen molar-refractivity contribution < 1.29 is 5.11 Å². The van der Waals surface area contributed by atoms with E-state index in [2.05, 4.69) is 20.2 Å². The predicted octanol–water partition coefficient (Wildman–Crippen LogP) is 3.41. The minimum atomic E-state index is -0.00981. The molecule has 1 unspecified atom stereocenters. The first-order valence-corrected chi connectivity index (χ1v) is 11.4. The van der Waals surface area contributed by atoms with Crippen LogP contribution in [0, 0.1) is 13.8 Å². The zero-order valence-electron chi connectivity index (χ0n) is 18.0. The standard InChI is InChI=1S/C23H25N7OS/c1-13-4-3-7-25-21(13)23-27-17-9-20(26-10-18(17)32-23)28-19-6-5-14(2)22(29-19)30-11-15(24)8-16(30)12-31/h3-7,9-10,15-16,31H,8,11-12,24H2,1-2H3,(H,26,28,29)/t15-,16?/m0/s1. The number of aliphatic hydroxyl groups excluding tert-OH is 1. The number of hydrogen-bond acceptors (Lipinski definition) is 9. The number of nitrogens with one attached hydrogen (secondary N) is 1. The van der Waals surface area contributed by atoms with Gasteiger partial charge in [0.2, 0.25) is 0 Å².